The van der Waals surface area contributed by atoms with Crippen molar-refractivity contribution in [3.63, 3.8) is 0 Å². The van der Waals surface area contributed by atoms with Crippen LogP contribution >= 0.6 is 0 Å². The number of ether oxygens (including phenoxy) is 5. The van der Waals surface area contributed by atoms with Gasteiger partial charge in [-0.1, -0.05) is 71.1 Å². The zero-order valence-corrected chi connectivity index (χ0v) is 43.5. The molecule has 0 aromatic heterocycles. The van der Waals surface area contributed by atoms with Crippen LogP contribution in [0.15, 0.2) is 47.6 Å². The lowest BCUT2D eigenvalue weighted by molar-refractivity contribution is -0.211. The van der Waals surface area contributed by atoms with Crippen molar-refractivity contribution in [3.8, 4) is 0 Å². The molecule has 0 aromatic rings. The molecule has 16 heteroatoms. The average Bonchev–Trinajstić information content (AvgIpc) is 3.33. The van der Waals surface area contributed by atoms with Gasteiger partial charge in [0.25, 0.3) is 5.91 Å². The number of ketones is 3. The molecule has 2 saturated heterocycles. The third-order valence-corrected chi connectivity index (χ3v) is 15.6. The first-order valence-electron chi connectivity index (χ1n) is 25.5. The molecule has 3 heterocycles. The second-order valence-corrected chi connectivity index (χ2v) is 21.0. The maximum absolute atomic E-state index is 14.3. The van der Waals surface area contributed by atoms with Crippen molar-refractivity contribution in [3.05, 3.63) is 47.6 Å². The summed E-state index contributed by atoms with van der Waals surface area (Å²) in [5.74, 6) is -5.41. The Hall–Kier alpha value is -3.45. The zero-order valence-electron chi connectivity index (χ0n) is 43.5. The van der Waals surface area contributed by atoms with Crippen LogP contribution in [0.1, 0.15) is 126 Å². The average molecular weight is 988 g/mol. The van der Waals surface area contributed by atoms with E-state index in [1.165, 1.54) is 19.1 Å². The van der Waals surface area contributed by atoms with Crippen molar-refractivity contribution in [1.29, 1.82) is 0 Å². The molecule has 18 atom stereocenters. The predicted molar refractivity (Wildman–Crippen MR) is 262 cm³/mol. The number of hydrogen-bond donors (Lipinski definition) is 5. The van der Waals surface area contributed by atoms with Gasteiger partial charge in [0.1, 0.15) is 42.3 Å². The van der Waals surface area contributed by atoms with E-state index in [1.54, 1.807) is 48.0 Å². The number of esters is 1. The number of β-lactam (4-membered cyclic amide) rings is 1. The molecule has 4 rings (SSSR count). The number of amides is 1. The van der Waals surface area contributed by atoms with E-state index in [1.807, 2.05) is 51.2 Å². The Labute approximate surface area is 415 Å². The Bertz CT molecular complexity index is 1900. The molecule has 0 aromatic carbocycles. The predicted octanol–water partition coefficient (Wildman–Crippen LogP) is 4.94. The van der Waals surface area contributed by atoms with Crippen LogP contribution in [0.2, 0.25) is 0 Å². The van der Waals surface area contributed by atoms with Gasteiger partial charge in [0.05, 0.1) is 30.5 Å². The van der Waals surface area contributed by atoms with Gasteiger partial charge in [-0.15, -0.1) is 0 Å². The number of fused-ring (bicyclic) bond motifs is 2. The van der Waals surface area contributed by atoms with Crippen LogP contribution in [0.3, 0.4) is 0 Å². The molecule has 4 unspecified atom stereocenters. The number of aliphatic hydroxyl groups is 5. The second-order valence-electron chi connectivity index (χ2n) is 21.0. The molecule has 1 aliphatic carbocycles. The fourth-order valence-electron chi connectivity index (χ4n) is 11.1. The van der Waals surface area contributed by atoms with Crippen molar-refractivity contribution >= 4 is 29.2 Å². The maximum Gasteiger partial charge on any atom is 0.329 e. The SMILES string of the molecule is COC1C(=O)[C@H](C)C[C@H](C)C=CC=CC=C(C)[C@@H](OC)C[C@@H](O)CC[C@@H](C)C(=O)[C@]2(O)C(=O)N3C(CCC[C@@H]32)C(=O)O[C@H]([C@H](C)C[C@@H]2CC[C@@H](O)[C@H](OC)C2)CC(=O)[C@H](C)C=C(C)C(O)[C@@H](OC)C1O. The lowest BCUT2D eigenvalue weighted by Crippen LogP contribution is -2.81. The highest BCUT2D eigenvalue weighted by Gasteiger charge is 2.68. The highest BCUT2D eigenvalue weighted by molar-refractivity contribution is 6.16. The number of piperidine rings is 1. The Morgan fingerprint density at radius 1 is 0.786 bits per heavy atom. The molecule has 1 saturated carbocycles. The molecule has 0 radical (unpaired) electrons. The lowest BCUT2D eigenvalue weighted by atomic mass is 9.69. The van der Waals surface area contributed by atoms with Gasteiger partial charge < -0.3 is 54.1 Å². The number of rotatable bonds is 7. The molecular weight excluding hydrogens is 903 g/mol. The molecular formula is C54H85NO15. The summed E-state index contributed by atoms with van der Waals surface area (Å²) in [6.07, 6.45) is 6.23. The van der Waals surface area contributed by atoms with Gasteiger partial charge in [-0.3, -0.25) is 19.2 Å². The van der Waals surface area contributed by atoms with E-state index in [9.17, 15) is 49.5 Å². The summed E-state index contributed by atoms with van der Waals surface area (Å²) in [5.41, 5.74) is -1.19. The molecule has 0 spiro atoms. The minimum absolute atomic E-state index is 0.0390. The van der Waals surface area contributed by atoms with Crippen molar-refractivity contribution in [2.75, 3.05) is 28.4 Å². The van der Waals surface area contributed by atoms with Crippen LogP contribution in [0.25, 0.3) is 0 Å². The molecule has 2 bridgehead atoms. The van der Waals surface area contributed by atoms with Crippen molar-refractivity contribution in [1.82, 2.24) is 4.90 Å². The smallest absolute Gasteiger partial charge is 0.329 e. The standard InChI is InChI=1S/C54H85NO15/c1-30-16-13-12-14-17-31(2)42(66-8)28-38(56)22-20-32(3)51(62)54(65)45-19-15-18-39(55(45)53(54)64)52(63)70-43(34(5)26-37-21-23-40(57)44(27-37)67-9)29-41(58)33(4)25-36(7)47(60)50(69-11)48(61)49(68-10)46(59)35(6)24-30/h12-14,16-17,25,30,32-35,37-40,42-45,47-50,56-57,60-61,65H,15,18-24,26-29H2,1-11H3/t30-,32-,33-,34-,35-,37+,38+,39?,40-,42+,43+,44-,45-,47?,48?,49?,50-,54+/m1/s1. The number of allylic oxidation sites excluding steroid dienone is 6. The minimum Gasteiger partial charge on any atom is -0.460 e. The second kappa shape index (κ2) is 27.0. The van der Waals surface area contributed by atoms with Crippen LogP contribution in [-0.2, 0) is 47.7 Å². The summed E-state index contributed by atoms with van der Waals surface area (Å²) >= 11 is 0. The van der Waals surface area contributed by atoms with Gasteiger partial charge in [-0.2, -0.15) is 0 Å². The van der Waals surface area contributed by atoms with Crippen molar-refractivity contribution in [2.45, 2.75) is 198 Å². The van der Waals surface area contributed by atoms with E-state index >= 15 is 0 Å². The third-order valence-electron chi connectivity index (χ3n) is 15.6. The first-order chi connectivity index (χ1) is 33.0. The number of carbonyl (C=O) groups excluding carboxylic acids is 5. The summed E-state index contributed by atoms with van der Waals surface area (Å²) in [5, 5.41) is 56.5. The topological polar surface area (TPSA) is 236 Å². The Kier molecular flexibility index (Phi) is 22.8. The van der Waals surface area contributed by atoms with Gasteiger partial charge in [-0.25, -0.2) is 4.79 Å². The molecule has 396 valence electrons. The first-order valence-corrected chi connectivity index (χ1v) is 25.5. The normalized spacial score (nSPS) is 39.4. The Balaban J connectivity index is 1.66. The van der Waals surface area contributed by atoms with Gasteiger partial charge in [0.2, 0.25) is 5.60 Å². The van der Waals surface area contributed by atoms with Crippen LogP contribution in [0.5, 0.6) is 0 Å². The fraction of sp³-hybridized carbons (Fsp3) is 0.759. The lowest BCUT2D eigenvalue weighted by Gasteiger charge is -2.57. The number of methoxy groups -OCH3 is 4. The molecule has 16 nitrogen and oxygen atoms in total. The maximum atomic E-state index is 14.3. The molecule has 1 amide bonds. The molecule has 70 heavy (non-hydrogen) atoms. The highest BCUT2D eigenvalue weighted by atomic mass is 16.5. The van der Waals surface area contributed by atoms with Crippen LogP contribution < -0.4 is 0 Å². The monoisotopic (exact) mass is 988 g/mol. The zero-order chi connectivity index (χ0) is 52.2. The summed E-state index contributed by atoms with van der Waals surface area (Å²) < 4.78 is 28.6. The summed E-state index contributed by atoms with van der Waals surface area (Å²) in [4.78, 5) is 71.4. The quantitative estimate of drug-likeness (QED) is 0.0984. The number of Topliss-reactive ketones (excluding diaryl/α,β-unsaturated/α-hetero) is 3. The number of nitrogens with zero attached hydrogens (tertiary/aromatic N) is 1. The minimum atomic E-state index is -2.33. The largest absolute Gasteiger partial charge is 0.460 e. The third kappa shape index (κ3) is 14.4. The van der Waals surface area contributed by atoms with Crippen LogP contribution in [0, 0.1) is 35.5 Å². The molecule has 3 fully saturated rings. The van der Waals surface area contributed by atoms with E-state index in [-0.39, 0.29) is 67.5 Å². The highest BCUT2D eigenvalue weighted by Crippen LogP contribution is 2.44. The number of aliphatic hydroxyl groups excluding tert-OH is 4. The fourth-order valence-corrected chi connectivity index (χ4v) is 11.1. The van der Waals surface area contributed by atoms with E-state index in [2.05, 4.69) is 0 Å². The van der Waals surface area contributed by atoms with Gasteiger partial charge in [0.15, 0.2) is 11.6 Å². The first kappa shape index (κ1) is 59.1. The van der Waals surface area contributed by atoms with E-state index in [4.69, 9.17) is 23.7 Å². The van der Waals surface area contributed by atoms with Gasteiger partial charge in [0, 0.05) is 59.0 Å². The summed E-state index contributed by atoms with van der Waals surface area (Å²) in [7, 11) is 5.71. The molecule has 4 aliphatic rings. The van der Waals surface area contributed by atoms with Crippen LogP contribution in [0.4, 0.5) is 0 Å². The summed E-state index contributed by atoms with van der Waals surface area (Å²) in [6.45, 7) is 12.4. The number of carbonyl (C=O) groups is 5. The number of hydrogen-bond acceptors (Lipinski definition) is 15. The summed E-state index contributed by atoms with van der Waals surface area (Å²) in [6, 6.07) is -2.05. The van der Waals surface area contributed by atoms with E-state index < -0.39 is 102 Å². The van der Waals surface area contributed by atoms with Crippen LogP contribution in [-0.4, -0.2) is 161 Å². The van der Waals surface area contributed by atoms with E-state index in [0.717, 1.165) is 5.57 Å². The number of cyclic esters (lactones) is 1. The van der Waals surface area contributed by atoms with E-state index in [0.29, 0.717) is 50.5 Å². The van der Waals surface area contributed by atoms with Crippen molar-refractivity contribution in [2.24, 2.45) is 35.5 Å². The molecule has 3 aliphatic heterocycles. The van der Waals surface area contributed by atoms with Gasteiger partial charge >= 0.3 is 5.97 Å². The Morgan fingerprint density at radius 2 is 1.49 bits per heavy atom. The van der Waals surface area contributed by atoms with Crippen molar-refractivity contribution < 1.29 is 73.2 Å². The molecule has 5 N–H and O–H groups in total. The Morgan fingerprint density at radius 3 is 2.13 bits per heavy atom. The van der Waals surface area contributed by atoms with Gasteiger partial charge in [-0.05, 0) is 107 Å².